The Labute approximate surface area is 459 Å². The minimum atomic E-state index is -1.36. The fraction of sp³-hybridized carbons (Fsp3) is 0.656. The number of ketones is 1. The number of carbonyl (C=O) groups is 5. The van der Waals surface area contributed by atoms with Gasteiger partial charge in [-0.25, -0.2) is 5.43 Å². The molecule has 430 valence electrons. The van der Waals surface area contributed by atoms with Crippen molar-refractivity contribution in [3.05, 3.63) is 96.2 Å². The molecular formula is C61H95N5O11. The van der Waals surface area contributed by atoms with Gasteiger partial charge < -0.3 is 45.3 Å². The monoisotopic (exact) mass is 1070 g/mol. The number of carbonyl (C=O) groups excluding carboxylic acids is 5. The Bertz CT molecular complexity index is 2210. The minimum absolute atomic E-state index is 0.000363. The SMILES string of the molecule is C=CC(O)C(C)C(O)C(CCC(C)=O)C(=O)NC(C(=O)NC(Cc1ccccc1)C(=O)N1CCCC(C(=O)OC(CC=CC)C(C)=CC=CCCC(C)C(O)CC2OC3(NC(O)C(CC)CC3C)C(C)=CC2C)N1)C(C)C. The summed E-state index contributed by atoms with van der Waals surface area (Å²) in [5.41, 5.74) is 5.01. The van der Waals surface area contributed by atoms with Crippen molar-refractivity contribution in [3.8, 4) is 0 Å². The van der Waals surface area contributed by atoms with Gasteiger partial charge in [0.15, 0.2) is 0 Å². The maximum atomic E-state index is 14.5. The van der Waals surface area contributed by atoms with E-state index >= 15 is 0 Å². The summed E-state index contributed by atoms with van der Waals surface area (Å²) in [5.74, 6) is -4.47. The lowest BCUT2D eigenvalue weighted by molar-refractivity contribution is -0.198. The number of amides is 3. The molecule has 0 aromatic heterocycles. The van der Waals surface area contributed by atoms with Gasteiger partial charge in [0.2, 0.25) is 11.8 Å². The molecular weight excluding hydrogens is 979 g/mol. The predicted octanol–water partition coefficient (Wildman–Crippen LogP) is 7.08. The number of rotatable bonds is 28. The molecule has 0 bridgehead atoms. The number of benzene rings is 1. The molecule has 16 atom stereocenters. The third kappa shape index (κ3) is 18.4. The zero-order valence-corrected chi connectivity index (χ0v) is 48.0. The third-order valence-electron chi connectivity index (χ3n) is 16.2. The lowest BCUT2D eigenvalue weighted by Gasteiger charge is -2.53. The largest absolute Gasteiger partial charge is 0.456 e. The number of esters is 1. The van der Waals surface area contributed by atoms with E-state index in [-0.39, 0.29) is 61.4 Å². The van der Waals surface area contributed by atoms with E-state index in [1.165, 1.54) is 18.0 Å². The van der Waals surface area contributed by atoms with Crippen LogP contribution in [0.15, 0.2) is 90.6 Å². The van der Waals surface area contributed by atoms with Crippen molar-refractivity contribution in [2.45, 2.75) is 207 Å². The van der Waals surface area contributed by atoms with E-state index in [1.807, 2.05) is 74.6 Å². The van der Waals surface area contributed by atoms with Crippen LogP contribution in [-0.4, -0.2) is 122 Å². The highest BCUT2D eigenvalue weighted by molar-refractivity contribution is 5.93. The summed E-state index contributed by atoms with van der Waals surface area (Å²) in [5, 5.41) is 54.4. The molecule has 16 unspecified atom stereocenters. The Morgan fingerprint density at radius 1 is 1.00 bits per heavy atom. The van der Waals surface area contributed by atoms with Crippen LogP contribution in [0.5, 0.6) is 0 Å². The van der Waals surface area contributed by atoms with E-state index in [9.17, 15) is 44.4 Å². The van der Waals surface area contributed by atoms with Crippen LogP contribution in [0.3, 0.4) is 0 Å². The van der Waals surface area contributed by atoms with Gasteiger partial charge in [0.1, 0.15) is 42.0 Å². The van der Waals surface area contributed by atoms with E-state index < -0.39 is 95.9 Å². The summed E-state index contributed by atoms with van der Waals surface area (Å²) in [6.07, 6.45) is 13.8. The van der Waals surface area contributed by atoms with Gasteiger partial charge in [-0.2, -0.15) is 0 Å². The maximum absolute atomic E-state index is 14.5. The molecule has 16 heteroatoms. The van der Waals surface area contributed by atoms with Crippen molar-refractivity contribution in [2.24, 2.45) is 41.4 Å². The van der Waals surface area contributed by atoms with Gasteiger partial charge in [0, 0.05) is 50.0 Å². The molecule has 1 aromatic rings. The minimum Gasteiger partial charge on any atom is -0.456 e. The van der Waals surface area contributed by atoms with Gasteiger partial charge in [0.25, 0.3) is 5.91 Å². The molecule has 16 nitrogen and oxygen atoms in total. The second-order valence-corrected chi connectivity index (χ2v) is 22.6. The maximum Gasteiger partial charge on any atom is 0.325 e. The highest BCUT2D eigenvalue weighted by Gasteiger charge is 2.51. The Morgan fingerprint density at radius 2 is 1.70 bits per heavy atom. The molecule has 2 fully saturated rings. The summed E-state index contributed by atoms with van der Waals surface area (Å²) in [4.78, 5) is 68.6. The highest BCUT2D eigenvalue weighted by atomic mass is 16.5. The van der Waals surface area contributed by atoms with Crippen LogP contribution < -0.4 is 21.4 Å². The Hall–Kier alpha value is -4.81. The smallest absolute Gasteiger partial charge is 0.325 e. The molecule has 0 aliphatic carbocycles. The van der Waals surface area contributed by atoms with Gasteiger partial charge >= 0.3 is 5.97 Å². The number of aliphatic hydroxyl groups excluding tert-OH is 4. The number of Topliss-reactive ketones (excluding diaryl/α,β-unsaturated/α-hetero) is 1. The van der Waals surface area contributed by atoms with E-state index in [1.54, 1.807) is 20.8 Å². The summed E-state index contributed by atoms with van der Waals surface area (Å²) < 4.78 is 13.0. The number of nitrogens with one attached hydrogen (secondary N) is 4. The van der Waals surface area contributed by atoms with Crippen LogP contribution in [0.4, 0.5) is 0 Å². The number of nitrogens with zero attached hydrogens (tertiary/aromatic N) is 1. The average Bonchev–Trinajstić information content (AvgIpc) is 3.40. The fourth-order valence-electron chi connectivity index (χ4n) is 10.9. The second-order valence-electron chi connectivity index (χ2n) is 22.6. The molecule has 77 heavy (non-hydrogen) atoms. The van der Waals surface area contributed by atoms with Gasteiger partial charge in [-0.05, 0) is 107 Å². The van der Waals surface area contributed by atoms with Crippen molar-refractivity contribution in [1.82, 2.24) is 26.4 Å². The van der Waals surface area contributed by atoms with Crippen molar-refractivity contribution in [1.29, 1.82) is 0 Å². The number of hydrogen-bond donors (Lipinski definition) is 8. The van der Waals surface area contributed by atoms with Crippen molar-refractivity contribution in [2.75, 3.05) is 6.54 Å². The molecule has 2 saturated heterocycles. The van der Waals surface area contributed by atoms with E-state index in [0.717, 1.165) is 42.4 Å². The second kappa shape index (κ2) is 31.1. The zero-order valence-electron chi connectivity index (χ0n) is 48.0. The number of hydrazine groups is 1. The van der Waals surface area contributed by atoms with Crippen molar-refractivity contribution < 1.29 is 53.9 Å². The molecule has 3 amide bonds. The number of aliphatic hydroxyl groups is 4. The van der Waals surface area contributed by atoms with Gasteiger partial charge in [-0.3, -0.25) is 29.5 Å². The standard InChI is InChI=1S/C61H95N5O11/c1-13-16-29-52(39(7)25-20-17-19-24-38(6)51(69)36-53-40(8)33-41(9)61(77-53)42(10)34-46(14-2)56(71)64-61)76-60(75)48-28-23-32-66(65-48)59(74)49(35-45-26-21-18-22-27-45)62-58(73)54(37(4)5)63-57(72)47(31-30-43(11)67)55(70)44(12)50(68)15-3/h13,15-18,20-22,25-27,33,37-38,40,42,44,46-56,64-65,68-71H,3,14,19,23-24,28-32,34-36H2,1-2,4-12H3,(H,62,73)(H,63,72). The van der Waals surface area contributed by atoms with E-state index in [4.69, 9.17) is 9.47 Å². The Balaban J connectivity index is 1.40. The average molecular weight is 1070 g/mol. The summed E-state index contributed by atoms with van der Waals surface area (Å²) in [7, 11) is 0. The Kier molecular flexibility index (Phi) is 26.1. The Morgan fingerprint density at radius 3 is 2.34 bits per heavy atom. The first-order valence-corrected chi connectivity index (χ1v) is 28.3. The van der Waals surface area contributed by atoms with Crippen LogP contribution >= 0.6 is 0 Å². The number of hydrogen-bond acceptors (Lipinski definition) is 13. The molecule has 8 N–H and O–H groups in total. The van der Waals surface area contributed by atoms with Gasteiger partial charge in [-0.15, -0.1) is 6.58 Å². The molecule has 4 rings (SSSR count). The number of ether oxygens (including phenoxy) is 2. The zero-order chi connectivity index (χ0) is 57.1. The van der Waals surface area contributed by atoms with Crippen LogP contribution in [0.2, 0.25) is 0 Å². The fourth-order valence-corrected chi connectivity index (χ4v) is 10.9. The molecule has 3 heterocycles. The van der Waals surface area contributed by atoms with Gasteiger partial charge in [0.05, 0.1) is 30.3 Å². The summed E-state index contributed by atoms with van der Waals surface area (Å²) in [6.45, 7) is 24.6. The summed E-state index contributed by atoms with van der Waals surface area (Å²) >= 11 is 0. The first kappa shape index (κ1) is 64.7. The first-order chi connectivity index (χ1) is 36.5. The van der Waals surface area contributed by atoms with Crippen LogP contribution in [0.25, 0.3) is 0 Å². The van der Waals surface area contributed by atoms with Crippen molar-refractivity contribution in [3.63, 3.8) is 0 Å². The van der Waals surface area contributed by atoms with Gasteiger partial charge in [-0.1, -0.05) is 121 Å². The van der Waals surface area contributed by atoms with Crippen LogP contribution in [0, 0.1) is 41.4 Å². The summed E-state index contributed by atoms with van der Waals surface area (Å²) in [6, 6.07) is 6.05. The molecule has 0 saturated carbocycles. The lowest BCUT2D eigenvalue weighted by Crippen LogP contribution is -2.66. The molecule has 0 radical (unpaired) electrons. The topological polar surface area (TPSA) is 236 Å². The normalized spacial score (nSPS) is 26.7. The van der Waals surface area contributed by atoms with Crippen LogP contribution in [0.1, 0.15) is 146 Å². The number of piperidine rings is 1. The third-order valence-corrected chi connectivity index (χ3v) is 16.2. The quantitative estimate of drug-likeness (QED) is 0.0238. The van der Waals surface area contributed by atoms with E-state index in [0.29, 0.717) is 25.7 Å². The van der Waals surface area contributed by atoms with E-state index in [2.05, 4.69) is 68.6 Å². The molecule has 3 aliphatic heterocycles. The lowest BCUT2D eigenvalue weighted by atomic mass is 9.75. The first-order valence-electron chi connectivity index (χ1n) is 28.3. The van der Waals surface area contributed by atoms with Crippen LogP contribution in [-0.2, 0) is 39.9 Å². The molecule has 1 aromatic carbocycles. The predicted molar refractivity (Wildman–Crippen MR) is 300 cm³/mol. The molecule has 1 spiro atoms. The van der Waals surface area contributed by atoms with Crippen molar-refractivity contribution >= 4 is 29.5 Å². The number of allylic oxidation sites excluding steroid dienone is 4. The molecule has 3 aliphatic rings. The highest BCUT2D eigenvalue weighted by Crippen LogP contribution is 2.44.